The molecule has 0 aromatic heterocycles. The first kappa shape index (κ1) is 12.2. The molecule has 2 nitrogen and oxygen atoms in total. The molecule has 1 N–H and O–H groups in total. The summed E-state index contributed by atoms with van der Waals surface area (Å²) < 4.78 is 13.5. The molecule has 1 aliphatic rings. The van der Waals surface area contributed by atoms with E-state index in [1.807, 2.05) is 20.8 Å². The normalized spacial score (nSPS) is 26.3. The fourth-order valence-electron chi connectivity index (χ4n) is 2.37. The fourth-order valence-corrected chi connectivity index (χ4v) is 2.37. The van der Waals surface area contributed by atoms with Crippen LogP contribution in [0.2, 0.25) is 0 Å². The zero-order valence-electron chi connectivity index (χ0n) is 9.64. The van der Waals surface area contributed by atoms with Crippen LogP contribution in [-0.2, 0) is 4.79 Å². The average molecular weight is 214 g/mol. The van der Waals surface area contributed by atoms with Crippen molar-refractivity contribution in [2.45, 2.75) is 46.5 Å². The van der Waals surface area contributed by atoms with Gasteiger partial charge in [-0.15, -0.1) is 0 Å². The molecule has 1 fully saturated rings. The van der Waals surface area contributed by atoms with Crippen LogP contribution in [0.1, 0.15) is 46.5 Å². The summed E-state index contributed by atoms with van der Waals surface area (Å²) in [6.07, 6.45) is 3.47. The first-order chi connectivity index (χ1) is 6.84. The van der Waals surface area contributed by atoms with Gasteiger partial charge in [-0.2, -0.15) is 4.39 Å². The van der Waals surface area contributed by atoms with Crippen LogP contribution >= 0.6 is 0 Å². The highest BCUT2D eigenvalue weighted by molar-refractivity contribution is 5.85. The molecule has 0 radical (unpaired) electrons. The second kappa shape index (κ2) is 4.33. The molecular weight excluding hydrogens is 195 g/mol. The van der Waals surface area contributed by atoms with Crippen molar-refractivity contribution in [2.75, 3.05) is 0 Å². The van der Waals surface area contributed by atoms with Crippen LogP contribution in [0.15, 0.2) is 11.4 Å². The van der Waals surface area contributed by atoms with Crippen molar-refractivity contribution >= 4 is 5.97 Å². The van der Waals surface area contributed by atoms with E-state index in [4.69, 9.17) is 5.11 Å². The van der Waals surface area contributed by atoms with E-state index in [0.29, 0.717) is 12.0 Å². The second-order valence-corrected chi connectivity index (χ2v) is 5.31. The minimum Gasteiger partial charge on any atom is -0.476 e. The van der Waals surface area contributed by atoms with Gasteiger partial charge < -0.3 is 5.11 Å². The Bertz CT molecular complexity index is 286. The lowest BCUT2D eigenvalue weighted by molar-refractivity contribution is -0.134. The summed E-state index contributed by atoms with van der Waals surface area (Å²) in [6, 6.07) is 0. The fraction of sp³-hybridized carbons (Fsp3) is 0.750. The van der Waals surface area contributed by atoms with Gasteiger partial charge in [0.2, 0.25) is 5.83 Å². The highest BCUT2D eigenvalue weighted by atomic mass is 19.1. The lowest BCUT2D eigenvalue weighted by Gasteiger charge is -2.36. The number of halogens is 1. The molecule has 1 rings (SSSR count). The van der Waals surface area contributed by atoms with Crippen molar-refractivity contribution in [2.24, 2.45) is 11.3 Å². The molecule has 0 aliphatic heterocycles. The largest absolute Gasteiger partial charge is 0.476 e. The lowest BCUT2D eigenvalue weighted by atomic mass is 9.69. The molecule has 0 bridgehead atoms. The quantitative estimate of drug-likeness (QED) is 0.678. The van der Waals surface area contributed by atoms with E-state index < -0.39 is 11.8 Å². The molecule has 15 heavy (non-hydrogen) atoms. The molecule has 0 saturated heterocycles. The Morgan fingerprint density at radius 1 is 1.40 bits per heavy atom. The van der Waals surface area contributed by atoms with Crippen LogP contribution in [0.5, 0.6) is 0 Å². The van der Waals surface area contributed by atoms with E-state index in [9.17, 15) is 9.18 Å². The van der Waals surface area contributed by atoms with Gasteiger partial charge in [0.1, 0.15) is 0 Å². The van der Waals surface area contributed by atoms with E-state index in [1.54, 1.807) is 0 Å². The maximum atomic E-state index is 13.5. The Balaban J connectivity index is 3.03. The zero-order chi connectivity index (χ0) is 11.6. The predicted octanol–water partition coefficient (Wildman–Crippen LogP) is 3.53. The van der Waals surface area contributed by atoms with Crippen molar-refractivity contribution < 1.29 is 14.3 Å². The highest BCUT2D eigenvalue weighted by Crippen LogP contribution is 2.42. The topological polar surface area (TPSA) is 37.3 Å². The Labute approximate surface area is 90.2 Å². The van der Waals surface area contributed by atoms with Gasteiger partial charge in [0.25, 0.3) is 0 Å². The third-order valence-electron chi connectivity index (χ3n) is 3.12. The first-order valence-corrected chi connectivity index (χ1v) is 5.46. The maximum absolute atomic E-state index is 13.5. The van der Waals surface area contributed by atoms with Gasteiger partial charge in [0.05, 0.1) is 0 Å². The summed E-state index contributed by atoms with van der Waals surface area (Å²) in [5.41, 5.74) is 0.462. The summed E-state index contributed by atoms with van der Waals surface area (Å²) in [4.78, 5) is 10.6. The van der Waals surface area contributed by atoms with Crippen LogP contribution in [0.3, 0.4) is 0 Å². The monoisotopic (exact) mass is 214 g/mol. The number of rotatable bonds is 1. The Morgan fingerprint density at radius 3 is 2.47 bits per heavy atom. The number of carboxylic acids is 1. The van der Waals surface area contributed by atoms with Crippen LogP contribution in [0.4, 0.5) is 4.39 Å². The van der Waals surface area contributed by atoms with Crippen molar-refractivity contribution in [3.8, 4) is 0 Å². The number of allylic oxidation sites excluding steroid dienone is 1. The lowest BCUT2D eigenvalue weighted by Crippen LogP contribution is -2.26. The van der Waals surface area contributed by atoms with E-state index in [1.165, 1.54) is 0 Å². The minimum absolute atomic E-state index is 0.0530. The third-order valence-corrected chi connectivity index (χ3v) is 3.12. The van der Waals surface area contributed by atoms with Crippen LogP contribution in [0, 0.1) is 11.3 Å². The van der Waals surface area contributed by atoms with E-state index in [-0.39, 0.29) is 11.3 Å². The molecule has 0 spiro atoms. The predicted molar refractivity (Wildman–Crippen MR) is 57.2 cm³/mol. The summed E-state index contributed by atoms with van der Waals surface area (Å²) >= 11 is 0. The Hall–Kier alpha value is -0.860. The van der Waals surface area contributed by atoms with Gasteiger partial charge >= 0.3 is 5.97 Å². The molecule has 0 heterocycles. The third kappa shape index (κ3) is 2.80. The summed E-state index contributed by atoms with van der Waals surface area (Å²) in [5.74, 6) is -2.27. The molecule has 0 aromatic rings. The van der Waals surface area contributed by atoms with Crippen LogP contribution < -0.4 is 0 Å². The molecule has 86 valence electrons. The number of hydrogen-bond acceptors (Lipinski definition) is 1. The van der Waals surface area contributed by atoms with Crippen molar-refractivity contribution in [1.29, 1.82) is 0 Å². The van der Waals surface area contributed by atoms with Gasteiger partial charge in [-0.1, -0.05) is 27.2 Å². The second-order valence-electron chi connectivity index (χ2n) is 5.31. The van der Waals surface area contributed by atoms with Crippen LogP contribution in [-0.4, -0.2) is 11.1 Å². The van der Waals surface area contributed by atoms with Gasteiger partial charge in [-0.3, -0.25) is 0 Å². The summed E-state index contributed by atoms with van der Waals surface area (Å²) in [5, 5.41) is 8.68. The molecular formula is C12H19FO2. The Morgan fingerprint density at radius 2 is 2.00 bits per heavy atom. The SMILES string of the molecule is CC(C)(C)C1CCCCC1=C(F)C(=O)O. The number of carboxylic acid groups (broad SMARTS) is 1. The summed E-state index contributed by atoms with van der Waals surface area (Å²) in [6.45, 7) is 6.12. The minimum atomic E-state index is -1.42. The smallest absolute Gasteiger partial charge is 0.364 e. The van der Waals surface area contributed by atoms with Gasteiger partial charge in [-0.05, 0) is 36.2 Å². The average Bonchev–Trinajstić information content (AvgIpc) is 2.15. The number of hydrogen-bond donors (Lipinski definition) is 1. The highest BCUT2D eigenvalue weighted by Gasteiger charge is 2.33. The van der Waals surface area contributed by atoms with Crippen molar-refractivity contribution in [1.82, 2.24) is 0 Å². The molecule has 1 atom stereocenters. The van der Waals surface area contributed by atoms with Crippen molar-refractivity contribution in [3.63, 3.8) is 0 Å². The molecule has 1 saturated carbocycles. The summed E-state index contributed by atoms with van der Waals surface area (Å²) in [7, 11) is 0. The van der Waals surface area contributed by atoms with Gasteiger partial charge in [0.15, 0.2) is 0 Å². The number of carbonyl (C=O) groups is 1. The number of aliphatic carboxylic acids is 1. The maximum Gasteiger partial charge on any atom is 0.364 e. The molecule has 1 unspecified atom stereocenters. The molecule has 1 aliphatic carbocycles. The van der Waals surface area contributed by atoms with E-state index in [2.05, 4.69) is 0 Å². The standard InChI is InChI=1S/C12H19FO2/c1-12(2,3)9-7-5-4-6-8(9)10(13)11(14)15/h9H,4-7H2,1-3H3,(H,14,15). The van der Waals surface area contributed by atoms with Gasteiger partial charge in [0, 0.05) is 0 Å². The van der Waals surface area contributed by atoms with Gasteiger partial charge in [-0.25, -0.2) is 4.79 Å². The first-order valence-electron chi connectivity index (χ1n) is 5.46. The molecule has 3 heteroatoms. The van der Waals surface area contributed by atoms with Crippen LogP contribution in [0.25, 0.3) is 0 Å². The molecule has 0 aromatic carbocycles. The Kier molecular flexibility index (Phi) is 3.53. The van der Waals surface area contributed by atoms with E-state index in [0.717, 1.165) is 19.3 Å². The van der Waals surface area contributed by atoms with Crippen molar-refractivity contribution in [3.05, 3.63) is 11.4 Å². The molecule has 0 amide bonds. The zero-order valence-corrected chi connectivity index (χ0v) is 9.64. The van der Waals surface area contributed by atoms with E-state index >= 15 is 0 Å².